The highest BCUT2D eigenvalue weighted by Crippen LogP contribution is 2.22. The molecule has 1 aromatic carbocycles. The molecule has 0 radical (unpaired) electrons. The molecule has 0 fully saturated rings. The molecule has 0 saturated heterocycles. The van der Waals surface area contributed by atoms with Crippen molar-refractivity contribution in [1.29, 1.82) is 0 Å². The Kier molecular flexibility index (Phi) is 4.86. The van der Waals surface area contributed by atoms with Gasteiger partial charge in [-0.2, -0.15) is 0 Å². The second-order valence-corrected chi connectivity index (χ2v) is 3.00. The summed E-state index contributed by atoms with van der Waals surface area (Å²) >= 11 is 0. The number of unbranched alkanes of at least 4 members (excludes halogenated alkanes) is 1. The molecular weight excluding hydrogens is 178 g/mol. The van der Waals surface area contributed by atoms with Crippen molar-refractivity contribution in [3.8, 4) is 5.75 Å². The molecule has 1 aromatic rings. The molecule has 0 amide bonds. The molecule has 0 aliphatic heterocycles. The molecule has 0 unspecified atom stereocenters. The molecule has 0 spiro atoms. The first-order valence-corrected chi connectivity index (χ1v) is 4.89. The van der Waals surface area contributed by atoms with Gasteiger partial charge in [-0.15, -0.1) is 0 Å². The Morgan fingerprint density at radius 3 is 2.79 bits per heavy atom. The Bertz CT molecular complexity index is 263. The first kappa shape index (κ1) is 10.9. The van der Waals surface area contributed by atoms with Crippen LogP contribution < -0.4 is 10.2 Å². The quantitative estimate of drug-likeness (QED) is 0.559. The lowest BCUT2D eigenvalue weighted by atomic mass is 10.3. The van der Waals surface area contributed by atoms with E-state index < -0.39 is 0 Å². The Morgan fingerprint density at radius 1 is 1.29 bits per heavy atom. The van der Waals surface area contributed by atoms with E-state index in [2.05, 4.69) is 12.4 Å². The van der Waals surface area contributed by atoms with Crippen LogP contribution in [0.15, 0.2) is 24.3 Å². The summed E-state index contributed by atoms with van der Waals surface area (Å²) in [6.45, 7) is 2.85. The van der Waals surface area contributed by atoms with Crippen molar-refractivity contribution >= 4 is 5.69 Å². The van der Waals surface area contributed by atoms with Gasteiger partial charge in [0.1, 0.15) is 11.4 Å². The van der Waals surface area contributed by atoms with Gasteiger partial charge >= 0.3 is 0 Å². The molecule has 0 aliphatic carbocycles. The van der Waals surface area contributed by atoms with E-state index in [9.17, 15) is 0 Å². The Hall–Kier alpha value is -1.22. The fourth-order valence-corrected chi connectivity index (χ4v) is 1.07. The van der Waals surface area contributed by atoms with Crippen molar-refractivity contribution < 1.29 is 9.57 Å². The SMILES string of the molecule is CCCCONc1ccccc1OC. The minimum atomic E-state index is 0.717. The summed E-state index contributed by atoms with van der Waals surface area (Å²) in [7, 11) is 1.65. The molecule has 0 aromatic heterocycles. The van der Waals surface area contributed by atoms with Gasteiger partial charge in [-0.25, -0.2) is 0 Å². The van der Waals surface area contributed by atoms with Gasteiger partial charge in [0.25, 0.3) is 0 Å². The van der Waals surface area contributed by atoms with Crippen LogP contribution in [0, 0.1) is 0 Å². The van der Waals surface area contributed by atoms with Crippen LogP contribution in [0.1, 0.15) is 19.8 Å². The fourth-order valence-electron chi connectivity index (χ4n) is 1.07. The number of hydrogen-bond donors (Lipinski definition) is 1. The molecule has 0 atom stereocenters. The fraction of sp³-hybridized carbons (Fsp3) is 0.455. The number of benzene rings is 1. The lowest BCUT2D eigenvalue weighted by Crippen LogP contribution is -2.03. The normalized spacial score (nSPS) is 9.86. The van der Waals surface area contributed by atoms with E-state index in [1.54, 1.807) is 7.11 Å². The molecule has 14 heavy (non-hydrogen) atoms. The predicted octanol–water partition coefficient (Wildman–Crippen LogP) is 2.84. The smallest absolute Gasteiger partial charge is 0.144 e. The van der Waals surface area contributed by atoms with Gasteiger partial charge in [0.05, 0.1) is 13.7 Å². The van der Waals surface area contributed by atoms with Crippen LogP contribution in [-0.4, -0.2) is 13.7 Å². The monoisotopic (exact) mass is 195 g/mol. The van der Waals surface area contributed by atoms with E-state index in [0.717, 1.165) is 24.3 Å². The molecule has 0 bridgehead atoms. The summed E-state index contributed by atoms with van der Waals surface area (Å²) < 4.78 is 5.16. The zero-order chi connectivity index (χ0) is 10.2. The predicted molar refractivity (Wildman–Crippen MR) is 57.5 cm³/mol. The van der Waals surface area contributed by atoms with E-state index >= 15 is 0 Å². The third-order valence-electron chi connectivity index (χ3n) is 1.89. The number of ether oxygens (including phenoxy) is 1. The second-order valence-electron chi connectivity index (χ2n) is 3.00. The van der Waals surface area contributed by atoms with Crippen molar-refractivity contribution in [2.45, 2.75) is 19.8 Å². The van der Waals surface area contributed by atoms with Crippen LogP contribution in [-0.2, 0) is 4.84 Å². The van der Waals surface area contributed by atoms with E-state index in [1.807, 2.05) is 24.3 Å². The summed E-state index contributed by atoms with van der Waals surface area (Å²) in [5, 5.41) is 0. The van der Waals surface area contributed by atoms with Gasteiger partial charge < -0.3 is 4.74 Å². The maximum absolute atomic E-state index is 5.27. The zero-order valence-electron chi connectivity index (χ0n) is 8.75. The van der Waals surface area contributed by atoms with Gasteiger partial charge in [0.2, 0.25) is 0 Å². The number of anilines is 1. The Labute approximate surface area is 85.0 Å². The average molecular weight is 195 g/mol. The van der Waals surface area contributed by atoms with Crippen molar-refractivity contribution in [3.05, 3.63) is 24.3 Å². The highest BCUT2D eigenvalue weighted by atomic mass is 16.6. The molecule has 78 valence electrons. The number of methoxy groups -OCH3 is 1. The molecule has 3 nitrogen and oxygen atoms in total. The van der Waals surface area contributed by atoms with Crippen LogP contribution in [0.2, 0.25) is 0 Å². The molecule has 0 saturated carbocycles. The third kappa shape index (κ3) is 3.26. The zero-order valence-corrected chi connectivity index (χ0v) is 8.75. The van der Waals surface area contributed by atoms with Gasteiger partial charge in [-0.05, 0) is 18.6 Å². The van der Waals surface area contributed by atoms with Crippen LogP contribution in [0.4, 0.5) is 5.69 Å². The van der Waals surface area contributed by atoms with Crippen LogP contribution in [0.25, 0.3) is 0 Å². The van der Waals surface area contributed by atoms with Gasteiger partial charge in [0, 0.05) is 0 Å². The Morgan fingerprint density at radius 2 is 2.07 bits per heavy atom. The average Bonchev–Trinajstić information content (AvgIpc) is 2.25. The molecule has 0 aliphatic rings. The van der Waals surface area contributed by atoms with Crippen LogP contribution in [0.5, 0.6) is 5.75 Å². The van der Waals surface area contributed by atoms with Gasteiger partial charge in [-0.1, -0.05) is 25.5 Å². The number of rotatable bonds is 6. The molecule has 0 heterocycles. The summed E-state index contributed by atoms with van der Waals surface area (Å²) in [6.07, 6.45) is 2.19. The highest BCUT2D eigenvalue weighted by molar-refractivity contribution is 5.54. The lowest BCUT2D eigenvalue weighted by molar-refractivity contribution is 0.188. The van der Waals surface area contributed by atoms with Crippen molar-refractivity contribution in [2.24, 2.45) is 0 Å². The maximum atomic E-state index is 5.27. The highest BCUT2D eigenvalue weighted by Gasteiger charge is 1.99. The van der Waals surface area contributed by atoms with Crippen molar-refractivity contribution in [2.75, 3.05) is 19.2 Å². The summed E-state index contributed by atoms with van der Waals surface area (Å²) in [6, 6.07) is 7.68. The maximum Gasteiger partial charge on any atom is 0.144 e. The van der Waals surface area contributed by atoms with Gasteiger partial charge in [-0.3, -0.25) is 10.3 Å². The molecule has 1 rings (SSSR count). The summed E-state index contributed by atoms with van der Waals surface area (Å²) in [4.78, 5) is 5.27. The van der Waals surface area contributed by atoms with E-state index in [1.165, 1.54) is 0 Å². The third-order valence-corrected chi connectivity index (χ3v) is 1.89. The van der Waals surface area contributed by atoms with Crippen molar-refractivity contribution in [1.82, 2.24) is 0 Å². The van der Waals surface area contributed by atoms with E-state index in [-0.39, 0.29) is 0 Å². The number of para-hydroxylation sites is 2. The summed E-state index contributed by atoms with van der Waals surface area (Å²) in [5.74, 6) is 0.795. The minimum Gasteiger partial charge on any atom is -0.495 e. The van der Waals surface area contributed by atoms with Crippen LogP contribution >= 0.6 is 0 Å². The standard InChI is InChI=1S/C11H17NO2/c1-3-4-9-14-12-10-7-5-6-8-11(10)13-2/h5-8,12H,3-4,9H2,1-2H3. The Balaban J connectivity index is 2.41. The van der Waals surface area contributed by atoms with E-state index in [4.69, 9.17) is 9.57 Å². The molecular formula is C11H17NO2. The van der Waals surface area contributed by atoms with Crippen molar-refractivity contribution in [3.63, 3.8) is 0 Å². The topological polar surface area (TPSA) is 30.5 Å². The molecule has 1 N–H and O–H groups in total. The summed E-state index contributed by atoms with van der Waals surface area (Å²) in [5.41, 5.74) is 3.74. The first-order chi connectivity index (χ1) is 6.88. The van der Waals surface area contributed by atoms with Crippen LogP contribution in [0.3, 0.4) is 0 Å². The second kappa shape index (κ2) is 6.27. The number of hydrogen-bond acceptors (Lipinski definition) is 3. The van der Waals surface area contributed by atoms with Gasteiger partial charge in [0.15, 0.2) is 0 Å². The lowest BCUT2D eigenvalue weighted by Gasteiger charge is -2.10. The first-order valence-electron chi connectivity index (χ1n) is 4.89. The number of nitrogens with one attached hydrogen (secondary N) is 1. The largest absolute Gasteiger partial charge is 0.495 e. The minimum absolute atomic E-state index is 0.717. The van der Waals surface area contributed by atoms with E-state index in [0.29, 0.717) is 6.61 Å². The molecule has 3 heteroatoms.